The smallest absolute Gasteiger partial charge is 0.333 e. The van der Waals surface area contributed by atoms with Crippen LogP contribution in [0.1, 0.15) is 82.1 Å². The standard InChI is InChI=1S/C11H20O2.C6H14O.C5H8O2/c1-6-9(5)11(12)13-10(7-2)8(3)4;1-4-6(7)5(2)3;1-3-4(2)5(6)7/h6,8,10H,7H2,1-5H3;5-7H,4H2,1-3H3;3H,1-2H3,(H,6,7)/b9-6+;;4-3+. The molecule has 0 amide bonds. The van der Waals surface area contributed by atoms with Crippen molar-refractivity contribution in [2.45, 2.75) is 94.3 Å². The average Bonchev–Trinajstić information content (AvgIpc) is 2.63. The van der Waals surface area contributed by atoms with Crippen LogP contribution in [0.3, 0.4) is 0 Å². The lowest BCUT2D eigenvalue weighted by Gasteiger charge is -2.19. The number of carboxylic acid groups (broad SMARTS) is 1. The highest BCUT2D eigenvalue weighted by Gasteiger charge is 2.16. The molecule has 5 heteroatoms. The summed E-state index contributed by atoms with van der Waals surface area (Å²) in [6.45, 7) is 19.1. The van der Waals surface area contributed by atoms with E-state index >= 15 is 0 Å². The quantitative estimate of drug-likeness (QED) is 0.453. The zero-order valence-electron chi connectivity index (χ0n) is 19.0. The first-order chi connectivity index (χ1) is 12.4. The summed E-state index contributed by atoms with van der Waals surface area (Å²) >= 11 is 0. The van der Waals surface area contributed by atoms with Crippen LogP contribution in [0.5, 0.6) is 0 Å². The Morgan fingerprint density at radius 1 is 0.889 bits per heavy atom. The molecule has 0 radical (unpaired) electrons. The van der Waals surface area contributed by atoms with Gasteiger partial charge in [-0.2, -0.15) is 0 Å². The predicted molar refractivity (Wildman–Crippen MR) is 113 cm³/mol. The van der Waals surface area contributed by atoms with Crippen molar-refractivity contribution in [3.05, 3.63) is 23.3 Å². The Balaban J connectivity index is -0.000000350. The first-order valence-electron chi connectivity index (χ1n) is 9.77. The molecule has 0 heterocycles. The second-order valence-corrected chi connectivity index (χ2v) is 7.06. The molecule has 0 saturated heterocycles. The van der Waals surface area contributed by atoms with Crippen molar-refractivity contribution < 1.29 is 24.5 Å². The second kappa shape index (κ2) is 17.8. The summed E-state index contributed by atoms with van der Waals surface area (Å²) in [4.78, 5) is 21.2. The summed E-state index contributed by atoms with van der Waals surface area (Å²) in [6.07, 6.45) is 5.03. The van der Waals surface area contributed by atoms with E-state index in [1.807, 2.05) is 34.6 Å². The molecule has 0 aromatic carbocycles. The summed E-state index contributed by atoms with van der Waals surface area (Å²) in [5.41, 5.74) is 1.07. The molecule has 0 spiro atoms. The second-order valence-electron chi connectivity index (χ2n) is 7.06. The van der Waals surface area contributed by atoms with E-state index in [1.165, 1.54) is 0 Å². The Morgan fingerprint density at radius 2 is 1.33 bits per heavy atom. The summed E-state index contributed by atoms with van der Waals surface area (Å²) in [5, 5.41) is 17.0. The molecule has 5 nitrogen and oxygen atoms in total. The van der Waals surface area contributed by atoms with Gasteiger partial charge in [0.15, 0.2) is 0 Å². The molecule has 0 aromatic rings. The van der Waals surface area contributed by atoms with Gasteiger partial charge < -0.3 is 14.9 Å². The van der Waals surface area contributed by atoms with Crippen LogP contribution >= 0.6 is 0 Å². The van der Waals surface area contributed by atoms with Crippen LogP contribution in [0.4, 0.5) is 0 Å². The monoisotopic (exact) mass is 386 g/mol. The molecule has 0 aliphatic rings. The lowest BCUT2D eigenvalue weighted by molar-refractivity contribution is -0.146. The summed E-state index contributed by atoms with van der Waals surface area (Å²) in [5.74, 6) is -0.228. The highest BCUT2D eigenvalue weighted by Crippen LogP contribution is 2.12. The third-order valence-corrected chi connectivity index (χ3v) is 4.12. The van der Waals surface area contributed by atoms with Gasteiger partial charge in [-0.3, -0.25) is 0 Å². The highest BCUT2D eigenvalue weighted by molar-refractivity contribution is 5.87. The van der Waals surface area contributed by atoms with Gasteiger partial charge in [0.1, 0.15) is 6.10 Å². The lowest BCUT2D eigenvalue weighted by atomic mass is 10.1. The normalized spacial score (nSPS) is 13.8. The number of aliphatic hydroxyl groups is 1. The molecule has 0 saturated carbocycles. The Hall–Kier alpha value is -1.62. The van der Waals surface area contributed by atoms with E-state index in [9.17, 15) is 9.59 Å². The highest BCUT2D eigenvalue weighted by atomic mass is 16.5. The van der Waals surface area contributed by atoms with Crippen LogP contribution in [0.2, 0.25) is 0 Å². The SMILES string of the molecule is C/C=C(\C)C(=O)O.C/C=C(\C)C(=O)OC(CC)C(C)C.CCC(O)C(C)C. The maximum absolute atomic E-state index is 11.4. The number of ether oxygens (including phenoxy) is 1. The van der Waals surface area contributed by atoms with Crippen molar-refractivity contribution in [2.24, 2.45) is 11.8 Å². The van der Waals surface area contributed by atoms with E-state index in [0.29, 0.717) is 23.0 Å². The van der Waals surface area contributed by atoms with Gasteiger partial charge >= 0.3 is 11.9 Å². The van der Waals surface area contributed by atoms with Gasteiger partial charge in [-0.25, -0.2) is 9.59 Å². The molecule has 0 rings (SSSR count). The van der Waals surface area contributed by atoms with Crippen molar-refractivity contribution in [3.63, 3.8) is 0 Å². The third-order valence-electron chi connectivity index (χ3n) is 4.12. The van der Waals surface area contributed by atoms with Gasteiger partial charge in [0.2, 0.25) is 0 Å². The Morgan fingerprint density at radius 3 is 1.48 bits per heavy atom. The molecule has 27 heavy (non-hydrogen) atoms. The summed E-state index contributed by atoms with van der Waals surface area (Å²) in [7, 11) is 0. The molecular formula is C22H42O5. The number of carbonyl (C=O) groups is 2. The number of aliphatic carboxylic acids is 1. The maximum Gasteiger partial charge on any atom is 0.333 e. The first-order valence-corrected chi connectivity index (χ1v) is 9.77. The van der Waals surface area contributed by atoms with Gasteiger partial charge in [-0.05, 0) is 52.4 Å². The minimum atomic E-state index is -0.845. The lowest BCUT2D eigenvalue weighted by Crippen LogP contribution is -2.23. The Labute approximate surface area is 166 Å². The summed E-state index contributed by atoms with van der Waals surface area (Å²) in [6, 6.07) is 0. The van der Waals surface area contributed by atoms with E-state index in [0.717, 1.165) is 12.8 Å². The van der Waals surface area contributed by atoms with Crippen LogP contribution in [0.15, 0.2) is 23.3 Å². The van der Waals surface area contributed by atoms with Gasteiger partial charge in [-0.15, -0.1) is 0 Å². The number of allylic oxidation sites excluding steroid dienone is 2. The molecule has 0 fully saturated rings. The van der Waals surface area contributed by atoms with Gasteiger partial charge in [0.05, 0.1) is 6.10 Å². The largest absolute Gasteiger partial charge is 0.478 e. The number of carbonyl (C=O) groups excluding carboxylic acids is 1. The van der Waals surface area contributed by atoms with Crippen molar-refractivity contribution >= 4 is 11.9 Å². The van der Waals surface area contributed by atoms with Gasteiger partial charge in [-0.1, -0.05) is 53.7 Å². The van der Waals surface area contributed by atoms with Crippen LogP contribution in [0, 0.1) is 11.8 Å². The van der Waals surface area contributed by atoms with E-state index in [2.05, 4.69) is 13.8 Å². The molecule has 160 valence electrons. The van der Waals surface area contributed by atoms with Crippen molar-refractivity contribution in [2.75, 3.05) is 0 Å². The van der Waals surface area contributed by atoms with E-state index in [4.69, 9.17) is 14.9 Å². The van der Waals surface area contributed by atoms with E-state index in [-0.39, 0.29) is 18.2 Å². The van der Waals surface area contributed by atoms with E-state index in [1.54, 1.807) is 32.9 Å². The predicted octanol–water partition coefficient (Wildman–Crippen LogP) is 5.38. The number of aliphatic hydroxyl groups excluding tert-OH is 1. The Bertz CT molecular complexity index is 461. The number of hydrogen-bond acceptors (Lipinski definition) is 4. The molecule has 0 aliphatic heterocycles. The number of rotatable bonds is 7. The molecule has 2 atom stereocenters. The van der Waals surface area contributed by atoms with Crippen LogP contribution in [-0.4, -0.2) is 34.4 Å². The first kappa shape index (κ1) is 30.1. The maximum atomic E-state index is 11.4. The fourth-order valence-electron chi connectivity index (χ4n) is 1.63. The third kappa shape index (κ3) is 17.5. The molecule has 2 unspecified atom stereocenters. The van der Waals surface area contributed by atoms with Gasteiger partial charge in [0.25, 0.3) is 0 Å². The number of hydrogen-bond donors (Lipinski definition) is 2. The molecule has 0 aliphatic carbocycles. The van der Waals surface area contributed by atoms with Crippen molar-refractivity contribution in [3.8, 4) is 0 Å². The van der Waals surface area contributed by atoms with Crippen LogP contribution < -0.4 is 0 Å². The van der Waals surface area contributed by atoms with Crippen LogP contribution in [-0.2, 0) is 14.3 Å². The minimum Gasteiger partial charge on any atom is -0.478 e. The zero-order chi connectivity index (χ0) is 22.2. The van der Waals surface area contributed by atoms with E-state index < -0.39 is 5.97 Å². The average molecular weight is 387 g/mol. The molecule has 2 N–H and O–H groups in total. The zero-order valence-corrected chi connectivity index (χ0v) is 19.0. The molecular weight excluding hydrogens is 344 g/mol. The van der Waals surface area contributed by atoms with Crippen molar-refractivity contribution in [1.29, 1.82) is 0 Å². The van der Waals surface area contributed by atoms with Gasteiger partial charge in [0, 0.05) is 11.1 Å². The number of carboxylic acids is 1. The fourth-order valence-corrected chi connectivity index (χ4v) is 1.63. The number of esters is 1. The summed E-state index contributed by atoms with van der Waals surface area (Å²) < 4.78 is 5.31. The fraction of sp³-hybridized carbons (Fsp3) is 0.727. The van der Waals surface area contributed by atoms with Crippen molar-refractivity contribution in [1.82, 2.24) is 0 Å². The molecule has 0 bridgehead atoms. The molecule has 0 aromatic heterocycles. The topological polar surface area (TPSA) is 83.8 Å². The van der Waals surface area contributed by atoms with Crippen LogP contribution in [0.25, 0.3) is 0 Å². The Kier molecular flexibility index (Phi) is 19.8. The minimum absolute atomic E-state index is 0.0439.